The van der Waals surface area contributed by atoms with Crippen molar-refractivity contribution >= 4 is 27.7 Å². The molecule has 3 rings (SSSR count). The number of thioether (sulfide) groups is 1. The van der Waals surface area contributed by atoms with Crippen molar-refractivity contribution in [1.29, 1.82) is 0 Å². The van der Waals surface area contributed by atoms with Crippen LogP contribution in [0.4, 0.5) is 0 Å². The zero-order valence-corrected chi connectivity index (χ0v) is 11.9. The van der Waals surface area contributed by atoms with Crippen LogP contribution in [0.2, 0.25) is 0 Å². The quantitative estimate of drug-likeness (QED) is 0.461. The van der Waals surface area contributed by atoms with E-state index in [1.165, 1.54) is 0 Å². The Morgan fingerprint density at radius 2 is 2.29 bits per heavy atom. The molecule has 2 aromatic rings. The lowest BCUT2D eigenvalue weighted by Crippen LogP contribution is -2.16. The maximum Gasteiger partial charge on any atom is 0.189 e. The summed E-state index contributed by atoms with van der Waals surface area (Å²) in [6.07, 6.45) is 6.82. The molecule has 17 heavy (non-hydrogen) atoms. The molecule has 0 saturated heterocycles. The van der Waals surface area contributed by atoms with Gasteiger partial charge < -0.3 is 0 Å². The van der Waals surface area contributed by atoms with Gasteiger partial charge in [-0.2, -0.15) is 0 Å². The monoisotopic (exact) mass is 310 g/mol. The van der Waals surface area contributed by atoms with Gasteiger partial charge in [0.25, 0.3) is 0 Å². The minimum atomic E-state index is 0.243. The standard InChI is InChI=1S/C11H11BrN4S/c1-6-5-16-9-7(3-8(12)10(16)14-6)4-13-11(15-9)17-2/h4-5,8H,3H2,1-2H3. The average Bonchev–Trinajstić information content (AvgIpc) is 2.72. The van der Waals surface area contributed by atoms with Crippen LogP contribution in [0, 0.1) is 6.92 Å². The third-order valence-electron chi connectivity index (χ3n) is 2.76. The summed E-state index contributed by atoms with van der Waals surface area (Å²) in [5.74, 6) is 2.00. The molecular weight excluding hydrogens is 300 g/mol. The van der Waals surface area contributed by atoms with Gasteiger partial charge in [-0.15, -0.1) is 0 Å². The van der Waals surface area contributed by atoms with Gasteiger partial charge in [-0.25, -0.2) is 15.0 Å². The summed E-state index contributed by atoms with van der Waals surface area (Å²) in [4.78, 5) is 13.7. The van der Waals surface area contributed by atoms with Crippen LogP contribution in [0.1, 0.15) is 21.9 Å². The molecule has 0 N–H and O–H groups in total. The Bertz CT molecular complexity index is 581. The van der Waals surface area contributed by atoms with Gasteiger partial charge in [0.15, 0.2) is 5.16 Å². The molecule has 1 aliphatic heterocycles. The van der Waals surface area contributed by atoms with E-state index in [-0.39, 0.29) is 4.83 Å². The number of aryl methyl sites for hydroxylation is 1. The first-order valence-electron chi connectivity index (χ1n) is 5.29. The lowest BCUT2D eigenvalue weighted by atomic mass is 10.1. The van der Waals surface area contributed by atoms with E-state index in [0.717, 1.165) is 34.5 Å². The van der Waals surface area contributed by atoms with Crippen LogP contribution >= 0.6 is 27.7 Å². The van der Waals surface area contributed by atoms with Gasteiger partial charge in [-0.05, 0) is 19.6 Å². The molecule has 0 bridgehead atoms. The zero-order valence-electron chi connectivity index (χ0n) is 9.51. The predicted molar refractivity (Wildman–Crippen MR) is 71.0 cm³/mol. The van der Waals surface area contributed by atoms with Crippen molar-refractivity contribution in [2.45, 2.75) is 23.3 Å². The lowest BCUT2D eigenvalue weighted by Gasteiger charge is -2.21. The number of hydrogen-bond donors (Lipinski definition) is 0. The van der Waals surface area contributed by atoms with Gasteiger partial charge in [0.1, 0.15) is 11.6 Å². The Morgan fingerprint density at radius 3 is 3.06 bits per heavy atom. The molecule has 0 spiro atoms. The third kappa shape index (κ3) is 1.79. The molecule has 0 radical (unpaired) electrons. The number of halogens is 1. The molecule has 1 atom stereocenters. The molecule has 4 nitrogen and oxygen atoms in total. The molecule has 0 fully saturated rings. The summed E-state index contributed by atoms with van der Waals surface area (Å²) in [5.41, 5.74) is 2.18. The number of fused-ring (bicyclic) bond motifs is 3. The van der Waals surface area contributed by atoms with E-state index in [1.807, 2.05) is 25.6 Å². The largest absolute Gasteiger partial charge is 0.286 e. The number of hydrogen-bond acceptors (Lipinski definition) is 4. The molecule has 0 saturated carbocycles. The molecule has 0 aromatic carbocycles. The lowest BCUT2D eigenvalue weighted by molar-refractivity contribution is 0.725. The van der Waals surface area contributed by atoms with Crippen LogP contribution in [-0.2, 0) is 6.42 Å². The van der Waals surface area contributed by atoms with E-state index in [4.69, 9.17) is 0 Å². The number of imidazole rings is 1. The zero-order chi connectivity index (χ0) is 12.0. The fourth-order valence-electron chi connectivity index (χ4n) is 2.02. The van der Waals surface area contributed by atoms with Crippen molar-refractivity contribution in [3.8, 4) is 5.82 Å². The summed E-state index contributed by atoms with van der Waals surface area (Å²) < 4.78 is 2.06. The molecule has 1 unspecified atom stereocenters. The molecule has 6 heteroatoms. The number of alkyl halides is 1. The maximum atomic E-state index is 4.57. The van der Waals surface area contributed by atoms with E-state index in [1.54, 1.807) is 11.8 Å². The molecule has 0 amide bonds. The average molecular weight is 311 g/mol. The number of rotatable bonds is 1. The Hall–Kier alpha value is -0.880. The fourth-order valence-corrected chi connectivity index (χ4v) is 3.03. The first kappa shape index (κ1) is 11.2. The Kier molecular flexibility index (Phi) is 2.71. The van der Waals surface area contributed by atoms with E-state index in [2.05, 4.69) is 35.4 Å². The van der Waals surface area contributed by atoms with Gasteiger partial charge >= 0.3 is 0 Å². The SMILES string of the molecule is CSc1ncc2c(n1)-n1cc(C)nc1C(Br)C2. The normalized spacial score (nSPS) is 17.7. The number of aromatic nitrogens is 4. The van der Waals surface area contributed by atoms with Crippen molar-refractivity contribution in [3.05, 3.63) is 29.5 Å². The molecular formula is C11H11BrN4S. The van der Waals surface area contributed by atoms with Crippen LogP contribution in [0.15, 0.2) is 17.6 Å². The summed E-state index contributed by atoms with van der Waals surface area (Å²) in [5, 5.41) is 0.800. The minimum absolute atomic E-state index is 0.243. The first-order chi connectivity index (χ1) is 8.19. The Labute approximate surface area is 112 Å². The summed E-state index contributed by atoms with van der Waals surface area (Å²) in [6.45, 7) is 2.00. The smallest absolute Gasteiger partial charge is 0.189 e. The molecule has 1 aliphatic rings. The van der Waals surface area contributed by atoms with Crippen LogP contribution in [-0.4, -0.2) is 25.8 Å². The van der Waals surface area contributed by atoms with E-state index >= 15 is 0 Å². The van der Waals surface area contributed by atoms with Crippen molar-refractivity contribution in [1.82, 2.24) is 19.5 Å². The summed E-state index contributed by atoms with van der Waals surface area (Å²) in [6, 6.07) is 0. The highest BCUT2D eigenvalue weighted by molar-refractivity contribution is 9.09. The van der Waals surface area contributed by atoms with Crippen molar-refractivity contribution in [2.24, 2.45) is 0 Å². The number of nitrogens with zero attached hydrogens (tertiary/aromatic N) is 4. The van der Waals surface area contributed by atoms with Gasteiger partial charge in [0.2, 0.25) is 0 Å². The second kappa shape index (κ2) is 4.10. The van der Waals surface area contributed by atoms with Crippen molar-refractivity contribution in [3.63, 3.8) is 0 Å². The third-order valence-corrected chi connectivity index (χ3v) is 4.06. The van der Waals surface area contributed by atoms with E-state index in [0.29, 0.717) is 0 Å². The topological polar surface area (TPSA) is 43.6 Å². The summed E-state index contributed by atoms with van der Waals surface area (Å²) in [7, 11) is 0. The molecule has 88 valence electrons. The Balaban J connectivity index is 2.23. The van der Waals surface area contributed by atoms with Gasteiger partial charge in [0.05, 0.1) is 10.5 Å². The predicted octanol–water partition coefficient (Wildman–Crippen LogP) is 2.68. The molecule has 2 aromatic heterocycles. The van der Waals surface area contributed by atoms with Crippen LogP contribution in [0.25, 0.3) is 5.82 Å². The second-order valence-corrected chi connectivity index (χ2v) is 5.87. The molecule has 0 aliphatic carbocycles. The van der Waals surface area contributed by atoms with Gasteiger partial charge in [0, 0.05) is 18.0 Å². The summed E-state index contributed by atoms with van der Waals surface area (Å²) >= 11 is 5.22. The Morgan fingerprint density at radius 1 is 1.47 bits per heavy atom. The van der Waals surface area contributed by atoms with E-state index < -0.39 is 0 Å². The van der Waals surface area contributed by atoms with Crippen LogP contribution < -0.4 is 0 Å². The minimum Gasteiger partial charge on any atom is -0.286 e. The van der Waals surface area contributed by atoms with Crippen LogP contribution in [0.3, 0.4) is 0 Å². The highest BCUT2D eigenvalue weighted by Gasteiger charge is 2.26. The van der Waals surface area contributed by atoms with Crippen molar-refractivity contribution < 1.29 is 0 Å². The highest BCUT2D eigenvalue weighted by Crippen LogP contribution is 2.34. The maximum absolute atomic E-state index is 4.57. The second-order valence-electron chi connectivity index (χ2n) is 3.99. The van der Waals surface area contributed by atoms with Crippen molar-refractivity contribution in [2.75, 3.05) is 6.26 Å². The van der Waals surface area contributed by atoms with Gasteiger partial charge in [-0.3, -0.25) is 4.57 Å². The highest BCUT2D eigenvalue weighted by atomic mass is 79.9. The first-order valence-corrected chi connectivity index (χ1v) is 7.43. The van der Waals surface area contributed by atoms with E-state index in [9.17, 15) is 0 Å². The van der Waals surface area contributed by atoms with Gasteiger partial charge in [-0.1, -0.05) is 27.7 Å². The van der Waals surface area contributed by atoms with Crippen LogP contribution in [0.5, 0.6) is 0 Å². The molecule has 3 heterocycles. The fraction of sp³-hybridized carbons (Fsp3) is 0.364.